The van der Waals surface area contributed by atoms with Crippen molar-refractivity contribution < 1.29 is 9.18 Å². The molecule has 4 aromatic rings. The number of benzene rings is 1. The number of pyridine rings is 1. The number of carbonyl (C=O) groups is 1. The second-order valence-electron chi connectivity index (χ2n) is 7.16. The predicted octanol–water partition coefficient (Wildman–Crippen LogP) is 1.02. The SMILES string of the molecule is Cn1ccnc1[C@H](NC(=O)c1cnc2c(c1)c(=O)n(C)c(=O)n2C)c1ccc(F)cc1. The monoisotopic (exact) mass is 422 g/mol. The first-order valence-corrected chi connectivity index (χ1v) is 9.37. The van der Waals surface area contributed by atoms with Crippen molar-refractivity contribution in [3.05, 3.63) is 92.5 Å². The molecule has 0 aliphatic heterocycles. The van der Waals surface area contributed by atoms with Crippen LogP contribution in [0.1, 0.15) is 27.8 Å². The van der Waals surface area contributed by atoms with Crippen LogP contribution in [0.25, 0.3) is 11.0 Å². The number of nitrogens with one attached hydrogen (secondary N) is 1. The van der Waals surface area contributed by atoms with E-state index >= 15 is 0 Å². The first kappa shape index (κ1) is 20.2. The van der Waals surface area contributed by atoms with Crippen molar-refractivity contribution in [1.82, 2.24) is 29.0 Å². The molecule has 1 atom stereocenters. The molecule has 31 heavy (non-hydrogen) atoms. The number of fused-ring (bicyclic) bond motifs is 1. The van der Waals surface area contributed by atoms with Crippen molar-refractivity contribution in [2.24, 2.45) is 21.1 Å². The van der Waals surface area contributed by atoms with E-state index in [9.17, 15) is 18.8 Å². The minimum Gasteiger partial charge on any atom is -0.338 e. The van der Waals surface area contributed by atoms with Crippen LogP contribution in [0.5, 0.6) is 0 Å². The number of hydrogen-bond acceptors (Lipinski definition) is 5. The second-order valence-corrected chi connectivity index (χ2v) is 7.16. The molecule has 1 amide bonds. The van der Waals surface area contributed by atoms with Crippen LogP contribution in [0.15, 0.2) is 58.5 Å². The number of rotatable bonds is 4. The van der Waals surface area contributed by atoms with E-state index in [-0.39, 0.29) is 16.6 Å². The molecule has 1 N–H and O–H groups in total. The molecular weight excluding hydrogens is 403 g/mol. The number of amides is 1. The first-order valence-electron chi connectivity index (χ1n) is 9.37. The van der Waals surface area contributed by atoms with E-state index < -0.39 is 29.0 Å². The quantitative estimate of drug-likeness (QED) is 0.529. The summed E-state index contributed by atoms with van der Waals surface area (Å²) in [6, 6.07) is 6.49. The van der Waals surface area contributed by atoms with Gasteiger partial charge >= 0.3 is 5.69 Å². The van der Waals surface area contributed by atoms with E-state index in [0.29, 0.717) is 11.4 Å². The van der Waals surface area contributed by atoms with Gasteiger partial charge in [-0.05, 0) is 23.8 Å². The molecular formula is C21H19FN6O3. The highest BCUT2D eigenvalue weighted by Gasteiger charge is 2.22. The predicted molar refractivity (Wildman–Crippen MR) is 111 cm³/mol. The van der Waals surface area contributed by atoms with E-state index in [2.05, 4.69) is 15.3 Å². The Bertz CT molecular complexity index is 1420. The number of carbonyl (C=O) groups excluding carboxylic acids is 1. The van der Waals surface area contributed by atoms with Crippen LogP contribution in [0.2, 0.25) is 0 Å². The standard InChI is InChI=1S/C21H19FN6O3/c1-26-9-8-23-18(26)16(12-4-6-14(22)7-5-12)25-19(29)13-10-15-17(24-11-13)27(2)21(31)28(3)20(15)30/h4-11,16H,1-3H3,(H,25,29)/t16-/m1/s1. The Morgan fingerprint density at radius 1 is 1.06 bits per heavy atom. The lowest BCUT2D eigenvalue weighted by Gasteiger charge is -2.19. The molecule has 0 bridgehead atoms. The Morgan fingerprint density at radius 3 is 2.42 bits per heavy atom. The van der Waals surface area contributed by atoms with Crippen molar-refractivity contribution in [3.63, 3.8) is 0 Å². The van der Waals surface area contributed by atoms with Gasteiger partial charge in [-0.25, -0.2) is 19.2 Å². The lowest BCUT2D eigenvalue weighted by Crippen LogP contribution is -2.37. The topological polar surface area (TPSA) is 104 Å². The van der Waals surface area contributed by atoms with Crippen molar-refractivity contribution in [2.75, 3.05) is 0 Å². The summed E-state index contributed by atoms with van der Waals surface area (Å²) in [5, 5.41) is 3.02. The van der Waals surface area contributed by atoms with Gasteiger partial charge in [0, 0.05) is 39.7 Å². The smallest absolute Gasteiger partial charge is 0.332 e. The van der Waals surface area contributed by atoms with Crippen LogP contribution in [-0.2, 0) is 21.1 Å². The largest absolute Gasteiger partial charge is 0.338 e. The molecule has 1 aromatic carbocycles. The van der Waals surface area contributed by atoms with Gasteiger partial charge in [0.1, 0.15) is 23.3 Å². The fraction of sp³-hybridized carbons (Fsp3) is 0.190. The molecule has 0 aliphatic carbocycles. The number of nitrogens with zero attached hydrogens (tertiary/aromatic N) is 5. The zero-order valence-corrected chi connectivity index (χ0v) is 17.0. The van der Waals surface area contributed by atoms with Gasteiger partial charge in [0.25, 0.3) is 11.5 Å². The highest BCUT2D eigenvalue weighted by Crippen LogP contribution is 2.21. The molecule has 0 spiro atoms. The maximum Gasteiger partial charge on any atom is 0.332 e. The van der Waals surface area contributed by atoms with Crippen molar-refractivity contribution in [1.29, 1.82) is 0 Å². The average Bonchev–Trinajstić information content (AvgIpc) is 3.20. The molecule has 10 heteroatoms. The lowest BCUT2D eigenvalue weighted by atomic mass is 10.1. The van der Waals surface area contributed by atoms with Crippen LogP contribution >= 0.6 is 0 Å². The van der Waals surface area contributed by atoms with E-state index in [1.807, 2.05) is 0 Å². The van der Waals surface area contributed by atoms with Crippen molar-refractivity contribution in [3.8, 4) is 0 Å². The Hall–Kier alpha value is -4.08. The maximum atomic E-state index is 13.4. The molecule has 0 unspecified atom stereocenters. The Morgan fingerprint density at radius 2 is 1.77 bits per heavy atom. The third-order valence-electron chi connectivity index (χ3n) is 5.15. The van der Waals surface area contributed by atoms with Crippen molar-refractivity contribution >= 4 is 16.9 Å². The summed E-state index contributed by atoms with van der Waals surface area (Å²) in [6.07, 6.45) is 4.64. The van der Waals surface area contributed by atoms with Crippen molar-refractivity contribution in [2.45, 2.75) is 6.04 Å². The average molecular weight is 422 g/mol. The fourth-order valence-electron chi connectivity index (χ4n) is 3.41. The summed E-state index contributed by atoms with van der Waals surface area (Å²) in [6.45, 7) is 0. The van der Waals surface area contributed by atoms with E-state index in [1.54, 1.807) is 36.1 Å². The third-order valence-corrected chi connectivity index (χ3v) is 5.15. The van der Waals surface area contributed by atoms with Gasteiger partial charge in [0.15, 0.2) is 0 Å². The molecule has 0 radical (unpaired) electrons. The van der Waals surface area contributed by atoms with Gasteiger partial charge < -0.3 is 9.88 Å². The molecule has 158 valence electrons. The van der Waals surface area contributed by atoms with E-state index in [0.717, 1.165) is 4.57 Å². The van der Waals surface area contributed by atoms with E-state index in [4.69, 9.17) is 0 Å². The summed E-state index contributed by atoms with van der Waals surface area (Å²) < 4.78 is 17.4. The highest BCUT2D eigenvalue weighted by atomic mass is 19.1. The van der Waals surface area contributed by atoms with Gasteiger partial charge in [-0.3, -0.25) is 18.7 Å². The second kappa shape index (κ2) is 7.63. The molecule has 9 nitrogen and oxygen atoms in total. The van der Waals surface area contributed by atoms with Gasteiger partial charge in [-0.2, -0.15) is 0 Å². The molecule has 0 aliphatic rings. The van der Waals surface area contributed by atoms with Crippen LogP contribution in [-0.4, -0.2) is 29.6 Å². The summed E-state index contributed by atoms with van der Waals surface area (Å²) in [7, 11) is 4.65. The Balaban J connectivity index is 1.76. The highest BCUT2D eigenvalue weighted by molar-refractivity contribution is 5.97. The third kappa shape index (κ3) is 3.52. The maximum absolute atomic E-state index is 13.4. The Labute approximate surface area is 175 Å². The molecule has 0 saturated carbocycles. The van der Waals surface area contributed by atoms with Crippen LogP contribution < -0.4 is 16.6 Å². The van der Waals surface area contributed by atoms with E-state index in [1.165, 1.54) is 43.1 Å². The number of imidazole rings is 1. The number of aromatic nitrogens is 5. The summed E-state index contributed by atoms with van der Waals surface area (Å²) in [4.78, 5) is 46.1. The summed E-state index contributed by atoms with van der Waals surface area (Å²) in [5.74, 6) is -0.344. The number of hydrogen-bond donors (Lipinski definition) is 1. The van der Waals surface area contributed by atoms with Crippen LogP contribution in [0.3, 0.4) is 0 Å². The van der Waals surface area contributed by atoms with Gasteiger partial charge in [-0.15, -0.1) is 0 Å². The summed E-state index contributed by atoms with van der Waals surface area (Å²) in [5.41, 5.74) is -0.0858. The molecule has 3 aromatic heterocycles. The lowest BCUT2D eigenvalue weighted by molar-refractivity contribution is 0.0941. The Kier molecular flexibility index (Phi) is 4.97. The summed E-state index contributed by atoms with van der Waals surface area (Å²) >= 11 is 0. The fourth-order valence-corrected chi connectivity index (χ4v) is 3.41. The van der Waals surface area contributed by atoms with Gasteiger partial charge in [-0.1, -0.05) is 12.1 Å². The molecule has 0 fully saturated rings. The minimum atomic E-state index is -0.660. The minimum absolute atomic E-state index is 0.143. The zero-order chi connectivity index (χ0) is 22.3. The first-order chi connectivity index (χ1) is 14.8. The molecule has 0 saturated heterocycles. The van der Waals surface area contributed by atoms with Gasteiger partial charge in [0.2, 0.25) is 0 Å². The molecule has 4 rings (SSSR count). The zero-order valence-electron chi connectivity index (χ0n) is 17.0. The van der Waals surface area contributed by atoms with Crippen LogP contribution in [0, 0.1) is 5.82 Å². The molecule has 3 heterocycles. The number of aryl methyl sites for hydroxylation is 2. The normalized spacial score (nSPS) is 12.1. The number of halogens is 1. The van der Waals surface area contributed by atoms with Crippen LogP contribution in [0.4, 0.5) is 4.39 Å². The van der Waals surface area contributed by atoms with Gasteiger partial charge in [0.05, 0.1) is 10.9 Å².